The minimum Gasteiger partial charge on any atom is -0.364 e. The van der Waals surface area contributed by atoms with Crippen molar-refractivity contribution in [2.75, 3.05) is 33.2 Å². The van der Waals surface area contributed by atoms with E-state index in [1.54, 1.807) is 11.8 Å². The molecule has 124 valence electrons. The van der Waals surface area contributed by atoms with E-state index in [2.05, 4.69) is 39.7 Å². The first-order chi connectivity index (χ1) is 11.0. The lowest BCUT2D eigenvalue weighted by Gasteiger charge is -2.57. The van der Waals surface area contributed by atoms with Crippen molar-refractivity contribution in [1.82, 2.24) is 20.9 Å². The Balaban J connectivity index is 1.63. The predicted octanol–water partition coefficient (Wildman–Crippen LogP) is 0.709. The number of likely N-dealkylation sites (N-methyl/N-ethyl adjacent to an activating group) is 1. The van der Waals surface area contributed by atoms with Crippen molar-refractivity contribution >= 4 is 23.1 Å². The summed E-state index contributed by atoms with van der Waals surface area (Å²) in [7, 11) is 1.96. The number of nitrogens with one attached hydrogen (secondary N) is 4. The number of fused-ring (bicyclic) bond motifs is 1. The lowest BCUT2D eigenvalue weighted by atomic mass is 9.74. The first-order valence-corrected chi connectivity index (χ1v) is 8.99. The molecule has 0 saturated carbocycles. The van der Waals surface area contributed by atoms with Gasteiger partial charge in [0.15, 0.2) is 0 Å². The summed E-state index contributed by atoms with van der Waals surface area (Å²) >= 11 is 1.57. The molecule has 4 rings (SSSR count). The highest BCUT2D eigenvalue weighted by Crippen LogP contribution is 2.45. The quantitative estimate of drug-likeness (QED) is 0.612. The molecule has 0 aromatic heterocycles. The van der Waals surface area contributed by atoms with Crippen molar-refractivity contribution < 1.29 is 0 Å². The zero-order chi connectivity index (χ0) is 16.2. The van der Waals surface area contributed by atoms with Gasteiger partial charge in [-0.2, -0.15) is 0 Å². The Labute approximate surface area is 141 Å². The first kappa shape index (κ1) is 15.2. The summed E-state index contributed by atoms with van der Waals surface area (Å²) in [6, 6.07) is 0.356. The molecule has 4 N–H and O–H groups in total. The zero-order valence-electron chi connectivity index (χ0n) is 13.9. The average Bonchev–Trinajstić information content (AvgIpc) is 2.79. The van der Waals surface area contributed by atoms with Crippen LogP contribution in [0, 0.1) is 10.8 Å². The molecule has 0 aromatic rings. The third-order valence-electron chi connectivity index (χ3n) is 5.52. The summed E-state index contributed by atoms with van der Waals surface area (Å²) in [4.78, 5) is 8.17. The van der Waals surface area contributed by atoms with Crippen molar-refractivity contribution in [3.05, 3.63) is 21.9 Å². The van der Waals surface area contributed by atoms with E-state index in [1.807, 2.05) is 13.4 Å². The number of aliphatic imine (C=N–C) groups is 1. The maximum Gasteiger partial charge on any atom is 0.142 e. The second-order valence-corrected chi connectivity index (χ2v) is 8.10. The zero-order valence-corrected chi connectivity index (χ0v) is 14.7. The van der Waals surface area contributed by atoms with Gasteiger partial charge in [-0.25, -0.2) is 4.99 Å². The Morgan fingerprint density at radius 2 is 2.26 bits per heavy atom. The fraction of sp³-hybridized carbons (Fsp3) is 0.625. The molecule has 23 heavy (non-hydrogen) atoms. The van der Waals surface area contributed by atoms with Crippen LogP contribution in [-0.2, 0) is 0 Å². The first-order valence-electron chi connectivity index (χ1n) is 8.18. The number of hydrogen-bond donors (Lipinski definition) is 4. The molecule has 0 bridgehead atoms. The van der Waals surface area contributed by atoms with Gasteiger partial charge < -0.3 is 20.9 Å². The van der Waals surface area contributed by atoms with Crippen LogP contribution in [0.25, 0.3) is 0 Å². The largest absolute Gasteiger partial charge is 0.364 e. The monoisotopic (exact) mass is 332 g/mol. The van der Waals surface area contributed by atoms with E-state index in [1.165, 1.54) is 10.5 Å². The lowest BCUT2D eigenvalue weighted by molar-refractivity contribution is -0.0176. The highest BCUT2D eigenvalue weighted by Gasteiger charge is 2.50. The smallest absolute Gasteiger partial charge is 0.142 e. The van der Waals surface area contributed by atoms with Gasteiger partial charge in [-0.1, -0.05) is 11.8 Å². The van der Waals surface area contributed by atoms with Gasteiger partial charge in [0.2, 0.25) is 0 Å². The molecule has 0 radical (unpaired) electrons. The normalized spacial score (nSPS) is 31.5. The van der Waals surface area contributed by atoms with Gasteiger partial charge in [-0.3, -0.25) is 5.41 Å². The fourth-order valence-electron chi connectivity index (χ4n) is 3.77. The second-order valence-electron chi connectivity index (χ2n) is 7.04. The van der Waals surface area contributed by atoms with Crippen molar-refractivity contribution in [2.45, 2.75) is 25.9 Å². The molecule has 1 spiro atoms. The number of rotatable bonds is 3. The Morgan fingerprint density at radius 1 is 1.52 bits per heavy atom. The van der Waals surface area contributed by atoms with Crippen LogP contribution in [0.5, 0.6) is 0 Å². The Hall–Kier alpha value is -1.31. The summed E-state index contributed by atoms with van der Waals surface area (Å²) in [6.07, 6.45) is 1.81. The van der Waals surface area contributed by atoms with E-state index in [-0.39, 0.29) is 12.1 Å². The summed E-state index contributed by atoms with van der Waals surface area (Å²) in [5.74, 6) is 1.07. The molecule has 3 saturated heterocycles. The number of nitrogens with zero attached hydrogens (tertiary/aromatic N) is 2. The highest BCUT2D eigenvalue weighted by molar-refractivity contribution is 8.18. The molecule has 0 aromatic carbocycles. The second kappa shape index (κ2) is 5.36. The van der Waals surface area contributed by atoms with Crippen LogP contribution in [0.2, 0.25) is 0 Å². The standard InChI is InChI=1S/C16H24N6S/c1-9(10(2)18-3)11-12-13(23-14(11)17)15(21-8-20-12)22-6-16(7-22)4-19-5-16/h8,10,12,17-19H,4-7H2,1-3H3,(H,20,21)/b11-9-,17-14?. The van der Waals surface area contributed by atoms with E-state index in [9.17, 15) is 0 Å². The predicted molar refractivity (Wildman–Crippen MR) is 95.9 cm³/mol. The van der Waals surface area contributed by atoms with Crippen LogP contribution in [0.3, 0.4) is 0 Å². The molecule has 0 amide bonds. The Morgan fingerprint density at radius 3 is 2.87 bits per heavy atom. The van der Waals surface area contributed by atoms with Crippen LogP contribution in [-0.4, -0.2) is 61.6 Å². The van der Waals surface area contributed by atoms with Crippen LogP contribution in [0.4, 0.5) is 0 Å². The highest BCUT2D eigenvalue weighted by atomic mass is 32.2. The maximum atomic E-state index is 8.45. The average molecular weight is 332 g/mol. The number of thioether (sulfide) groups is 1. The summed E-state index contributed by atoms with van der Waals surface area (Å²) in [5.41, 5.74) is 2.82. The molecule has 4 heterocycles. The summed E-state index contributed by atoms with van der Waals surface area (Å²) < 4.78 is 0. The Kier molecular flexibility index (Phi) is 3.55. The van der Waals surface area contributed by atoms with Gasteiger partial charge in [-0.15, -0.1) is 0 Å². The molecule has 0 aliphatic carbocycles. The molecule has 2 atom stereocenters. The van der Waals surface area contributed by atoms with E-state index in [0.717, 1.165) is 37.6 Å². The molecule has 4 aliphatic heterocycles. The minimum absolute atomic E-state index is 0.0897. The van der Waals surface area contributed by atoms with Crippen molar-refractivity contribution in [3.8, 4) is 0 Å². The third kappa shape index (κ3) is 2.25. The van der Waals surface area contributed by atoms with E-state index < -0.39 is 0 Å². The maximum absolute atomic E-state index is 8.45. The van der Waals surface area contributed by atoms with Gasteiger partial charge in [0.1, 0.15) is 5.82 Å². The van der Waals surface area contributed by atoms with Gasteiger partial charge in [-0.05, 0) is 26.5 Å². The SMILES string of the molecule is CNC(C)/C(C)=C1\C(=N)SC2=C(N3CC4(CNC4)C3)N=CNC21. The van der Waals surface area contributed by atoms with Gasteiger partial charge in [0.05, 0.1) is 22.3 Å². The van der Waals surface area contributed by atoms with Crippen LogP contribution < -0.4 is 16.0 Å². The molecular weight excluding hydrogens is 308 g/mol. The third-order valence-corrected chi connectivity index (χ3v) is 6.58. The van der Waals surface area contributed by atoms with E-state index >= 15 is 0 Å². The van der Waals surface area contributed by atoms with Gasteiger partial charge in [0.25, 0.3) is 0 Å². The van der Waals surface area contributed by atoms with Crippen LogP contribution in [0.15, 0.2) is 26.9 Å². The van der Waals surface area contributed by atoms with E-state index in [0.29, 0.717) is 10.5 Å². The molecule has 4 aliphatic rings. The molecule has 3 fully saturated rings. The number of likely N-dealkylation sites (tertiary alicyclic amines) is 1. The molecule has 6 nitrogen and oxygen atoms in total. The van der Waals surface area contributed by atoms with Gasteiger partial charge in [0, 0.05) is 43.2 Å². The summed E-state index contributed by atoms with van der Waals surface area (Å²) in [5, 5.41) is 19.1. The number of hydrogen-bond acceptors (Lipinski definition) is 7. The van der Waals surface area contributed by atoms with Gasteiger partial charge >= 0.3 is 0 Å². The molecular formula is C16H24N6S. The molecule has 2 unspecified atom stereocenters. The van der Waals surface area contributed by atoms with Crippen LogP contribution >= 0.6 is 11.8 Å². The topological polar surface area (TPSA) is 75.5 Å². The minimum atomic E-state index is 0.0897. The Bertz CT molecular complexity index is 637. The van der Waals surface area contributed by atoms with Crippen molar-refractivity contribution in [1.29, 1.82) is 5.41 Å². The molecule has 7 heteroatoms. The van der Waals surface area contributed by atoms with Crippen LogP contribution in [0.1, 0.15) is 13.8 Å². The van der Waals surface area contributed by atoms with Crippen molar-refractivity contribution in [2.24, 2.45) is 10.4 Å². The fourth-order valence-corrected chi connectivity index (χ4v) is 4.95. The lowest BCUT2D eigenvalue weighted by Crippen LogP contribution is -2.70. The summed E-state index contributed by atoms with van der Waals surface area (Å²) in [6.45, 7) is 8.70. The van der Waals surface area contributed by atoms with Crippen molar-refractivity contribution in [3.63, 3.8) is 0 Å². The van der Waals surface area contributed by atoms with E-state index in [4.69, 9.17) is 5.41 Å².